The number of hydrogen-bond acceptors (Lipinski definition) is 2. The van der Waals surface area contributed by atoms with E-state index in [2.05, 4.69) is 5.32 Å². The Morgan fingerprint density at radius 1 is 1.47 bits per heavy atom. The van der Waals surface area contributed by atoms with Gasteiger partial charge in [-0.25, -0.2) is 0 Å². The maximum Gasteiger partial charge on any atom is 0.220 e. The molecule has 1 atom stereocenters. The second kappa shape index (κ2) is 5.50. The van der Waals surface area contributed by atoms with Crippen LogP contribution >= 0.6 is 0 Å². The van der Waals surface area contributed by atoms with Crippen LogP contribution in [0.15, 0.2) is 0 Å². The van der Waals surface area contributed by atoms with Crippen molar-refractivity contribution in [1.82, 2.24) is 5.32 Å². The average molecular weight is 213 g/mol. The van der Waals surface area contributed by atoms with Crippen LogP contribution in [0.25, 0.3) is 0 Å². The molecular formula is C12H23NO2. The first kappa shape index (κ1) is 12.5. The van der Waals surface area contributed by atoms with Crippen LogP contribution < -0.4 is 5.32 Å². The SMILES string of the molecule is CCC(C)(CO)NC(=O)CC1CCCC1. The van der Waals surface area contributed by atoms with Gasteiger partial charge in [0.1, 0.15) is 0 Å². The standard InChI is InChI=1S/C12H23NO2/c1-3-12(2,9-14)13-11(15)8-10-6-4-5-7-10/h10,14H,3-9H2,1-2H3,(H,13,15). The Kier molecular flexibility index (Phi) is 4.58. The molecule has 88 valence electrons. The van der Waals surface area contributed by atoms with E-state index in [1.807, 2.05) is 13.8 Å². The summed E-state index contributed by atoms with van der Waals surface area (Å²) < 4.78 is 0. The molecule has 1 fully saturated rings. The molecule has 3 heteroatoms. The number of aliphatic hydroxyl groups excluding tert-OH is 1. The normalized spacial score (nSPS) is 21.3. The van der Waals surface area contributed by atoms with Gasteiger partial charge >= 0.3 is 0 Å². The van der Waals surface area contributed by atoms with Crippen LogP contribution in [0.1, 0.15) is 52.4 Å². The van der Waals surface area contributed by atoms with Gasteiger partial charge in [-0.1, -0.05) is 19.8 Å². The lowest BCUT2D eigenvalue weighted by atomic mass is 9.98. The molecule has 0 saturated heterocycles. The van der Waals surface area contributed by atoms with Crippen LogP contribution in [0.2, 0.25) is 0 Å². The average Bonchev–Trinajstić information content (AvgIpc) is 2.70. The zero-order valence-corrected chi connectivity index (χ0v) is 9.88. The molecule has 0 aliphatic heterocycles. The van der Waals surface area contributed by atoms with E-state index in [0.717, 1.165) is 6.42 Å². The van der Waals surface area contributed by atoms with Gasteiger partial charge in [-0.15, -0.1) is 0 Å². The van der Waals surface area contributed by atoms with Crippen molar-refractivity contribution >= 4 is 5.91 Å². The van der Waals surface area contributed by atoms with E-state index in [1.54, 1.807) is 0 Å². The molecule has 0 aromatic rings. The van der Waals surface area contributed by atoms with Crippen LogP contribution in [-0.4, -0.2) is 23.2 Å². The summed E-state index contributed by atoms with van der Waals surface area (Å²) in [6.07, 6.45) is 6.31. The minimum Gasteiger partial charge on any atom is -0.394 e. The molecule has 1 amide bonds. The van der Waals surface area contributed by atoms with E-state index in [4.69, 9.17) is 0 Å². The number of rotatable bonds is 5. The zero-order chi connectivity index (χ0) is 11.3. The number of hydrogen-bond donors (Lipinski definition) is 2. The number of amides is 1. The van der Waals surface area contributed by atoms with E-state index < -0.39 is 5.54 Å². The predicted molar refractivity (Wildman–Crippen MR) is 60.5 cm³/mol. The van der Waals surface area contributed by atoms with Crippen molar-refractivity contribution in [3.05, 3.63) is 0 Å². The minimum absolute atomic E-state index is 0.0138. The molecule has 0 heterocycles. The van der Waals surface area contributed by atoms with Crippen molar-refractivity contribution in [3.8, 4) is 0 Å². The summed E-state index contributed by atoms with van der Waals surface area (Å²) >= 11 is 0. The molecule has 15 heavy (non-hydrogen) atoms. The lowest BCUT2D eigenvalue weighted by Gasteiger charge is -2.27. The predicted octanol–water partition coefficient (Wildman–Crippen LogP) is 1.84. The van der Waals surface area contributed by atoms with Crippen molar-refractivity contribution in [2.45, 2.75) is 57.9 Å². The minimum atomic E-state index is -0.435. The molecule has 0 bridgehead atoms. The van der Waals surface area contributed by atoms with Crippen molar-refractivity contribution in [2.24, 2.45) is 5.92 Å². The molecule has 2 N–H and O–H groups in total. The topological polar surface area (TPSA) is 49.3 Å². The fourth-order valence-corrected chi connectivity index (χ4v) is 2.10. The first-order valence-corrected chi connectivity index (χ1v) is 6.01. The van der Waals surface area contributed by atoms with E-state index in [-0.39, 0.29) is 12.5 Å². The number of aliphatic hydroxyl groups is 1. The van der Waals surface area contributed by atoms with Crippen LogP contribution in [0.3, 0.4) is 0 Å². The maximum absolute atomic E-state index is 11.7. The lowest BCUT2D eigenvalue weighted by molar-refractivity contribution is -0.124. The Labute approximate surface area is 92.3 Å². The third-order valence-electron chi connectivity index (χ3n) is 3.52. The summed E-state index contributed by atoms with van der Waals surface area (Å²) in [5.41, 5.74) is -0.435. The summed E-state index contributed by atoms with van der Waals surface area (Å²) in [7, 11) is 0. The summed E-state index contributed by atoms with van der Waals surface area (Å²) in [5, 5.41) is 12.1. The van der Waals surface area contributed by atoms with Gasteiger partial charge in [-0.3, -0.25) is 4.79 Å². The van der Waals surface area contributed by atoms with Crippen molar-refractivity contribution < 1.29 is 9.90 Å². The van der Waals surface area contributed by atoms with Gasteiger partial charge in [-0.2, -0.15) is 0 Å². The zero-order valence-electron chi connectivity index (χ0n) is 9.88. The van der Waals surface area contributed by atoms with Crippen molar-refractivity contribution in [2.75, 3.05) is 6.61 Å². The molecule has 0 spiro atoms. The highest BCUT2D eigenvalue weighted by molar-refractivity contribution is 5.77. The monoisotopic (exact) mass is 213 g/mol. The second-order valence-corrected chi connectivity index (χ2v) is 4.98. The number of nitrogens with one attached hydrogen (secondary N) is 1. The number of carbonyl (C=O) groups excluding carboxylic acids is 1. The molecule has 1 saturated carbocycles. The Hall–Kier alpha value is -0.570. The highest BCUT2D eigenvalue weighted by atomic mass is 16.3. The van der Waals surface area contributed by atoms with Gasteiger partial charge in [0.05, 0.1) is 12.1 Å². The van der Waals surface area contributed by atoms with Gasteiger partial charge in [0.15, 0.2) is 0 Å². The van der Waals surface area contributed by atoms with Gasteiger partial charge in [0, 0.05) is 6.42 Å². The van der Waals surface area contributed by atoms with Gasteiger partial charge in [0.25, 0.3) is 0 Å². The molecule has 1 aliphatic carbocycles. The van der Waals surface area contributed by atoms with Crippen LogP contribution in [0.4, 0.5) is 0 Å². The fourth-order valence-electron chi connectivity index (χ4n) is 2.10. The molecule has 0 aromatic heterocycles. The summed E-state index contributed by atoms with van der Waals surface area (Å²) in [6, 6.07) is 0. The summed E-state index contributed by atoms with van der Waals surface area (Å²) in [4.78, 5) is 11.7. The summed E-state index contributed by atoms with van der Waals surface area (Å²) in [6.45, 7) is 3.88. The second-order valence-electron chi connectivity index (χ2n) is 4.98. The van der Waals surface area contributed by atoms with Gasteiger partial charge in [-0.05, 0) is 32.1 Å². The van der Waals surface area contributed by atoms with Crippen molar-refractivity contribution in [3.63, 3.8) is 0 Å². The first-order chi connectivity index (χ1) is 7.09. The molecular weight excluding hydrogens is 190 g/mol. The van der Waals surface area contributed by atoms with Gasteiger partial charge in [0.2, 0.25) is 5.91 Å². The summed E-state index contributed by atoms with van der Waals surface area (Å²) in [5.74, 6) is 0.671. The third kappa shape index (κ3) is 3.82. The van der Waals surface area contributed by atoms with Gasteiger partial charge < -0.3 is 10.4 Å². The molecule has 1 unspecified atom stereocenters. The Bertz CT molecular complexity index is 206. The highest BCUT2D eigenvalue weighted by Gasteiger charge is 2.25. The Morgan fingerprint density at radius 3 is 2.53 bits per heavy atom. The van der Waals surface area contributed by atoms with E-state index in [9.17, 15) is 9.90 Å². The number of carbonyl (C=O) groups is 1. The van der Waals surface area contributed by atoms with Crippen molar-refractivity contribution in [1.29, 1.82) is 0 Å². The molecule has 0 radical (unpaired) electrons. The Balaban J connectivity index is 2.33. The molecule has 1 rings (SSSR count). The highest BCUT2D eigenvalue weighted by Crippen LogP contribution is 2.27. The quantitative estimate of drug-likeness (QED) is 0.732. The van der Waals surface area contributed by atoms with E-state index >= 15 is 0 Å². The molecule has 3 nitrogen and oxygen atoms in total. The first-order valence-electron chi connectivity index (χ1n) is 6.01. The largest absolute Gasteiger partial charge is 0.394 e. The molecule has 0 aromatic carbocycles. The smallest absolute Gasteiger partial charge is 0.220 e. The lowest BCUT2D eigenvalue weighted by Crippen LogP contribution is -2.48. The maximum atomic E-state index is 11.7. The third-order valence-corrected chi connectivity index (χ3v) is 3.52. The fraction of sp³-hybridized carbons (Fsp3) is 0.917. The Morgan fingerprint density at radius 2 is 2.07 bits per heavy atom. The van der Waals surface area contributed by atoms with Crippen LogP contribution in [-0.2, 0) is 4.79 Å². The van der Waals surface area contributed by atoms with E-state index in [1.165, 1.54) is 25.7 Å². The molecule has 1 aliphatic rings. The van der Waals surface area contributed by atoms with E-state index in [0.29, 0.717) is 12.3 Å². The van der Waals surface area contributed by atoms with Crippen LogP contribution in [0, 0.1) is 5.92 Å². The van der Waals surface area contributed by atoms with Crippen LogP contribution in [0.5, 0.6) is 0 Å².